The monoisotopic (exact) mass is 322 g/mol. The SMILES string of the molecule is CCc1ccc(NC(=O)c2cc3cnn(C(C)C)c3nc2C)cc1. The fourth-order valence-electron chi connectivity index (χ4n) is 2.70. The summed E-state index contributed by atoms with van der Waals surface area (Å²) in [7, 11) is 0. The molecule has 5 nitrogen and oxygen atoms in total. The zero-order valence-corrected chi connectivity index (χ0v) is 14.5. The molecule has 24 heavy (non-hydrogen) atoms. The highest BCUT2D eigenvalue weighted by atomic mass is 16.1. The maximum atomic E-state index is 12.6. The van der Waals surface area contributed by atoms with Crippen LogP contribution in [0.25, 0.3) is 11.0 Å². The molecule has 0 spiro atoms. The van der Waals surface area contributed by atoms with E-state index in [-0.39, 0.29) is 11.9 Å². The number of aryl methyl sites for hydroxylation is 2. The van der Waals surface area contributed by atoms with Crippen LogP contribution in [0.1, 0.15) is 48.4 Å². The lowest BCUT2D eigenvalue weighted by Gasteiger charge is -2.10. The third kappa shape index (κ3) is 3.02. The number of anilines is 1. The van der Waals surface area contributed by atoms with Gasteiger partial charge in [0.05, 0.1) is 17.5 Å². The number of nitrogens with one attached hydrogen (secondary N) is 1. The number of rotatable bonds is 4. The first-order valence-corrected chi connectivity index (χ1v) is 8.24. The number of benzene rings is 1. The van der Waals surface area contributed by atoms with Gasteiger partial charge in [0.1, 0.15) is 0 Å². The number of carbonyl (C=O) groups is 1. The third-order valence-electron chi connectivity index (χ3n) is 4.11. The number of hydrogen-bond donors (Lipinski definition) is 1. The molecular weight excluding hydrogens is 300 g/mol. The van der Waals surface area contributed by atoms with E-state index < -0.39 is 0 Å². The van der Waals surface area contributed by atoms with E-state index in [1.54, 1.807) is 6.20 Å². The van der Waals surface area contributed by atoms with Gasteiger partial charge < -0.3 is 5.32 Å². The molecule has 0 fully saturated rings. The van der Waals surface area contributed by atoms with Crippen LogP contribution >= 0.6 is 0 Å². The Balaban J connectivity index is 1.90. The van der Waals surface area contributed by atoms with Crippen molar-refractivity contribution in [1.29, 1.82) is 0 Å². The van der Waals surface area contributed by atoms with Crippen molar-refractivity contribution in [3.05, 3.63) is 53.3 Å². The van der Waals surface area contributed by atoms with Crippen molar-refractivity contribution < 1.29 is 4.79 Å². The van der Waals surface area contributed by atoms with Gasteiger partial charge >= 0.3 is 0 Å². The Morgan fingerprint density at radius 3 is 2.58 bits per heavy atom. The molecule has 2 aromatic heterocycles. The average Bonchev–Trinajstić information content (AvgIpc) is 2.97. The highest BCUT2D eigenvalue weighted by Gasteiger charge is 2.15. The summed E-state index contributed by atoms with van der Waals surface area (Å²) in [4.78, 5) is 17.2. The zero-order valence-electron chi connectivity index (χ0n) is 14.5. The van der Waals surface area contributed by atoms with Crippen LogP contribution in [0.4, 0.5) is 5.69 Å². The van der Waals surface area contributed by atoms with E-state index in [1.807, 2.05) is 41.9 Å². The van der Waals surface area contributed by atoms with Gasteiger partial charge in [0, 0.05) is 17.1 Å². The predicted molar refractivity (Wildman–Crippen MR) is 96.4 cm³/mol. The number of aromatic nitrogens is 3. The largest absolute Gasteiger partial charge is 0.322 e. The van der Waals surface area contributed by atoms with Crippen molar-refractivity contribution in [2.24, 2.45) is 0 Å². The quantitative estimate of drug-likeness (QED) is 0.785. The van der Waals surface area contributed by atoms with Gasteiger partial charge in [-0.15, -0.1) is 0 Å². The minimum Gasteiger partial charge on any atom is -0.322 e. The normalized spacial score (nSPS) is 11.2. The van der Waals surface area contributed by atoms with E-state index in [9.17, 15) is 4.79 Å². The van der Waals surface area contributed by atoms with Crippen molar-refractivity contribution >= 4 is 22.6 Å². The molecular formula is C19H22N4O. The molecule has 3 rings (SSSR count). The van der Waals surface area contributed by atoms with Crippen molar-refractivity contribution in [3.63, 3.8) is 0 Å². The lowest BCUT2D eigenvalue weighted by Crippen LogP contribution is -2.14. The van der Waals surface area contributed by atoms with Gasteiger partial charge in [-0.1, -0.05) is 19.1 Å². The molecule has 1 amide bonds. The summed E-state index contributed by atoms with van der Waals surface area (Å²) < 4.78 is 1.87. The molecule has 2 heterocycles. The summed E-state index contributed by atoms with van der Waals surface area (Å²) >= 11 is 0. The van der Waals surface area contributed by atoms with Crippen LogP contribution in [0.5, 0.6) is 0 Å². The second kappa shape index (κ2) is 6.43. The fraction of sp³-hybridized carbons (Fsp3) is 0.316. The highest BCUT2D eigenvalue weighted by Crippen LogP contribution is 2.20. The van der Waals surface area contributed by atoms with Crippen molar-refractivity contribution in [2.75, 3.05) is 5.32 Å². The van der Waals surface area contributed by atoms with Crippen LogP contribution in [0.3, 0.4) is 0 Å². The molecule has 124 valence electrons. The van der Waals surface area contributed by atoms with Crippen LogP contribution in [-0.2, 0) is 6.42 Å². The van der Waals surface area contributed by atoms with Crippen LogP contribution in [0.15, 0.2) is 36.5 Å². The second-order valence-corrected chi connectivity index (χ2v) is 6.22. The van der Waals surface area contributed by atoms with Gasteiger partial charge in [-0.05, 0) is 51.0 Å². The summed E-state index contributed by atoms with van der Waals surface area (Å²) in [5.74, 6) is -0.150. The van der Waals surface area contributed by atoms with Crippen molar-refractivity contribution in [1.82, 2.24) is 14.8 Å². The standard InChI is InChI=1S/C19H22N4O/c1-5-14-6-8-16(9-7-14)22-19(24)17-10-15-11-20-23(12(2)3)18(15)21-13(17)4/h6-12H,5H2,1-4H3,(H,22,24). The Labute approximate surface area is 141 Å². The highest BCUT2D eigenvalue weighted by molar-refractivity contribution is 6.06. The molecule has 0 unspecified atom stereocenters. The first kappa shape index (κ1) is 16.2. The van der Waals surface area contributed by atoms with E-state index in [2.05, 4.69) is 36.2 Å². The second-order valence-electron chi connectivity index (χ2n) is 6.22. The average molecular weight is 322 g/mol. The number of amides is 1. The van der Waals surface area contributed by atoms with Crippen LogP contribution in [0, 0.1) is 6.92 Å². The lowest BCUT2D eigenvalue weighted by molar-refractivity contribution is 0.102. The van der Waals surface area contributed by atoms with Crippen molar-refractivity contribution in [3.8, 4) is 0 Å². The minimum atomic E-state index is -0.150. The van der Waals surface area contributed by atoms with E-state index in [4.69, 9.17) is 0 Å². The van der Waals surface area contributed by atoms with Crippen LogP contribution < -0.4 is 5.32 Å². The smallest absolute Gasteiger partial charge is 0.257 e. The Kier molecular flexibility index (Phi) is 4.34. The van der Waals surface area contributed by atoms with Gasteiger partial charge in [0.25, 0.3) is 5.91 Å². The van der Waals surface area contributed by atoms with Crippen molar-refractivity contribution in [2.45, 2.75) is 40.2 Å². The molecule has 0 radical (unpaired) electrons. The summed E-state index contributed by atoms with van der Waals surface area (Å²) in [6, 6.07) is 9.99. The molecule has 0 bridgehead atoms. The molecule has 1 aromatic carbocycles. The van der Waals surface area contributed by atoms with Gasteiger partial charge in [-0.25, -0.2) is 9.67 Å². The minimum absolute atomic E-state index is 0.150. The van der Waals surface area contributed by atoms with Gasteiger partial charge in [-0.2, -0.15) is 5.10 Å². The summed E-state index contributed by atoms with van der Waals surface area (Å²) in [6.07, 6.45) is 2.74. The number of hydrogen-bond acceptors (Lipinski definition) is 3. The Morgan fingerprint density at radius 2 is 1.96 bits per heavy atom. The molecule has 0 aliphatic rings. The van der Waals surface area contributed by atoms with E-state index in [1.165, 1.54) is 5.56 Å². The maximum Gasteiger partial charge on any atom is 0.257 e. The summed E-state index contributed by atoms with van der Waals surface area (Å²) in [5.41, 5.74) is 4.12. The topological polar surface area (TPSA) is 59.8 Å². The molecule has 0 aliphatic carbocycles. The van der Waals surface area contributed by atoms with Crippen LogP contribution in [0.2, 0.25) is 0 Å². The first-order chi connectivity index (χ1) is 11.5. The van der Waals surface area contributed by atoms with E-state index in [0.717, 1.165) is 23.1 Å². The maximum absolute atomic E-state index is 12.6. The molecule has 1 N–H and O–H groups in total. The fourth-order valence-corrected chi connectivity index (χ4v) is 2.70. The van der Waals surface area contributed by atoms with E-state index in [0.29, 0.717) is 11.3 Å². The molecule has 0 saturated heterocycles. The van der Waals surface area contributed by atoms with Gasteiger partial charge in [-0.3, -0.25) is 4.79 Å². The Hall–Kier alpha value is -2.69. The van der Waals surface area contributed by atoms with Crippen LogP contribution in [-0.4, -0.2) is 20.7 Å². The molecule has 0 aliphatic heterocycles. The summed E-state index contributed by atoms with van der Waals surface area (Å²) in [5, 5.41) is 8.18. The number of pyridine rings is 1. The van der Waals surface area contributed by atoms with Gasteiger partial charge in [0.15, 0.2) is 5.65 Å². The number of fused-ring (bicyclic) bond motifs is 1. The lowest BCUT2D eigenvalue weighted by atomic mass is 10.1. The molecule has 5 heteroatoms. The predicted octanol–water partition coefficient (Wildman–Crippen LogP) is 4.14. The molecule has 0 atom stereocenters. The van der Waals surface area contributed by atoms with Gasteiger partial charge in [0.2, 0.25) is 0 Å². The number of carbonyl (C=O) groups excluding carboxylic acids is 1. The Morgan fingerprint density at radius 1 is 1.25 bits per heavy atom. The van der Waals surface area contributed by atoms with E-state index >= 15 is 0 Å². The first-order valence-electron chi connectivity index (χ1n) is 8.24. The molecule has 0 saturated carbocycles. The summed E-state index contributed by atoms with van der Waals surface area (Å²) in [6.45, 7) is 8.08. The zero-order chi connectivity index (χ0) is 17.3. The third-order valence-corrected chi connectivity index (χ3v) is 4.11. The Bertz CT molecular complexity index is 878. The molecule has 3 aromatic rings. The number of nitrogens with zero attached hydrogens (tertiary/aromatic N) is 3.